The highest BCUT2D eigenvalue weighted by molar-refractivity contribution is 5.19. The molecule has 112 valence electrons. The van der Waals surface area contributed by atoms with Gasteiger partial charge < -0.3 is 5.32 Å². The van der Waals surface area contributed by atoms with Crippen LogP contribution in [0.3, 0.4) is 0 Å². The standard InChI is InChI=1S/C15H21F3N2/c1-2-14(12-6-4-3-5-7-12)20-9-8-19-10-13(11-20)15(16,17)18/h3-7,13-14,19H,2,8-11H2,1H3. The average molecular weight is 286 g/mol. The zero-order chi connectivity index (χ0) is 14.6. The van der Waals surface area contributed by atoms with Crippen molar-refractivity contribution >= 4 is 0 Å². The molecule has 1 aliphatic rings. The predicted molar refractivity (Wildman–Crippen MR) is 73.5 cm³/mol. The second-order valence-electron chi connectivity index (χ2n) is 5.27. The van der Waals surface area contributed by atoms with Crippen molar-refractivity contribution in [3.63, 3.8) is 0 Å². The van der Waals surface area contributed by atoms with Crippen molar-refractivity contribution in [1.82, 2.24) is 10.2 Å². The summed E-state index contributed by atoms with van der Waals surface area (Å²) in [6, 6.07) is 9.86. The number of nitrogens with zero attached hydrogens (tertiary/aromatic N) is 1. The maximum absolute atomic E-state index is 13.0. The van der Waals surface area contributed by atoms with Crippen molar-refractivity contribution in [3.05, 3.63) is 35.9 Å². The highest BCUT2D eigenvalue weighted by atomic mass is 19.4. The summed E-state index contributed by atoms with van der Waals surface area (Å²) in [5.41, 5.74) is 1.10. The Morgan fingerprint density at radius 2 is 2.00 bits per heavy atom. The number of rotatable bonds is 3. The number of nitrogens with one attached hydrogen (secondary N) is 1. The van der Waals surface area contributed by atoms with E-state index in [9.17, 15) is 13.2 Å². The highest BCUT2D eigenvalue weighted by Crippen LogP contribution is 2.31. The molecule has 1 fully saturated rings. The Bertz CT molecular complexity index is 405. The largest absolute Gasteiger partial charge is 0.394 e. The Kier molecular flexibility index (Phi) is 5.05. The summed E-state index contributed by atoms with van der Waals surface area (Å²) in [4.78, 5) is 1.97. The van der Waals surface area contributed by atoms with Crippen molar-refractivity contribution in [3.8, 4) is 0 Å². The molecular formula is C15H21F3N2. The first kappa shape index (κ1) is 15.3. The van der Waals surface area contributed by atoms with Gasteiger partial charge in [0.25, 0.3) is 0 Å². The van der Waals surface area contributed by atoms with Crippen LogP contribution in [-0.2, 0) is 0 Å². The van der Waals surface area contributed by atoms with Gasteiger partial charge in [0.2, 0.25) is 0 Å². The number of hydrogen-bond donors (Lipinski definition) is 1. The van der Waals surface area contributed by atoms with E-state index in [2.05, 4.69) is 5.32 Å². The van der Waals surface area contributed by atoms with Crippen LogP contribution in [0.15, 0.2) is 30.3 Å². The van der Waals surface area contributed by atoms with Crippen molar-refractivity contribution in [1.29, 1.82) is 0 Å². The first-order chi connectivity index (χ1) is 9.52. The Hall–Kier alpha value is -1.07. The molecule has 1 N–H and O–H groups in total. The van der Waals surface area contributed by atoms with Crippen molar-refractivity contribution in [2.45, 2.75) is 25.6 Å². The molecule has 5 heteroatoms. The fraction of sp³-hybridized carbons (Fsp3) is 0.600. The van der Waals surface area contributed by atoms with Crippen molar-refractivity contribution in [2.75, 3.05) is 26.2 Å². The molecule has 0 aliphatic carbocycles. The summed E-state index contributed by atoms with van der Waals surface area (Å²) in [5.74, 6) is -1.29. The molecule has 0 saturated carbocycles. The summed E-state index contributed by atoms with van der Waals surface area (Å²) >= 11 is 0. The minimum atomic E-state index is -4.13. The molecule has 0 amide bonds. The molecule has 2 unspecified atom stereocenters. The fourth-order valence-electron chi connectivity index (χ4n) is 2.82. The Morgan fingerprint density at radius 1 is 1.30 bits per heavy atom. The Balaban J connectivity index is 2.16. The van der Waals surface area contributed by atoms with Gasteiger partial charge in [0, 0.05) is 32.2 Å². The molecule has 1 aromatic carbocycles. The van der Waals surface area contributed by atoms with Crippen LogP contribution < -0.4 is 5.32 Å². The third-order valence-corrected chi connectivity index (χ3v) is 3.90. The first-order valence-corrected chi connectivity index (χ1v) is 7.08. The van der Waals surface area contributed by atoms with Crippen LogP contribution in [0.1, 0.15) is 24.9 Å². The van der Waals surface area contributed by atoms with Gasteiger partial charge in [0.1, 0.15) is 0 Å². The molecule has 1 saturated heterocycles. The lowest BCUT2D eigenvalue weighted by Gasteiger charge is -2.32. The monoisotopic (exact) mass is 286 g/mol. The quantitative estimate of drug-likeness (QED) is 0.918. The van der Waals surface area contributed by atoms with E-state index in [0.717, 1.165) is 12.0 Å². The summed E-state index contributed by atoms with van der Waals surface area (Å²) in [6.07, 6.45) is -3.32. The first-order valence-electron chi connectivity index (χ1n) is 7.08. The van der Waals surface area contributed by atoms with Gasteiger partial charge in [-0.2, -0.15) is 13.2 Å². The molecule has 0 aromatic heterocycles. The molecule has 20 heavy (non-hydrogen) atoms. The number of hydrogen-bond acceptors (Lipinski definition) is 2. The van der Waals surface area contributed by atoms with Gasteiger partial charge in [-0.25, -0.2) is 0 Å². The van der Waals surface area contributed by atoms with E-state index < -0.39 is 12.1 Å². The molecule has 1 aliphatic heterocycles. The zero-order valence-electron chi connectivity index (χ0n) is 11.7. The van der Waals surface area contributed by atoms with E-state index >= 15 is 0 Å². The average Bonchev–Trinajstić information content (AvgIpc) is 2.67. The normalized spacial score (nSPS) is 23.3. The summed E-state index contributed by atoms with van der Waals surface area (Å²) in [6.45, 7) is 3.38. The van der Waals surface area contributed by atoms with Crippen LogP contribution >= 0.6 is 0 Å². The lowest BCUT2D eigenvalue weighted by Crippen LogP contribution is -2.39. The molecule has 0 radical (unpaired) electrons. The SMILES string of the molecule is CCC(c1ccccc1)N1CCNCC(C(F)(F)F)C1. The molecule has 0 spiro atoms. The lowest BCUT2D eigenvalue weighted by atomic mass is 10.0. The van der Waals surface area contributed by atoms with Crippen LogP contribution in [0.25, 0.3) is 0 Å². The van der Waals surface area contributed by atoms with E-state index in [4.69, 9.17) is 0 Å². The van der Waals surface area contributed by atoms with Gasteiger partial charge >= 0.3 is 6.18 Å². The number of alkyl halides is 3. The van der Waals surface area contributed by atoms with Crippen LogP contribution in [0.2, 0.25) is 0 Å². The van der Waals surface area contributed by atoms with Gasteiger partial charge in [0.05, 0.1) is 5.92 Å². The fourth-order valence-corrected chi connectivity index (χ4v) is 2.82. The zero-order valence-corrected chi connectivity index (χ0v) is 11.7. The van der Waals surface area contributed by atoms with Gasteiger partial charge in [-0.15, -0.1) is 0 Å². The lowest BCUT2D eigenvalue weighted by molar-refractivity contribution is -0.177. The van der Waals surface area contributed by atoms with Crippen molar-refractivity contribution in [2.24, 2.45) is 5.92 Å². The number of halogens is 3. The minimum absolute atomic E-state index is 0.0191. The Labute approximate surface area is 118 Å². The molecule has 1 heterocycles. The molecule has 0 bridgehead atoms. The molecule has 1 aromatic rings. The second kappa shape index (κ2) is 6.59. The maximum Gasteiger partial charge on any atom is 0.394 e. The number of benzene rings is 1. The molecule has 2 rings (SSSR count). The van der Waals surface area contributed by atoms with Crippen LogP contribution in [0, 0.1) is 5.92 Å². The van der Waals surface area contributed by atoms with Crippen molar-refractivity contribution < 1.29 is 13.2 Å². The van der Waals surface area contributed by atoms with Gasteiger partial charge in [0.15, 0.2) is 0 Å². The van der Waals surface area contributed by atoms with Crippen LogP contribution in [0.5, 0.6) is 0 Å². The molecule has 2 nitrogen and oxygen atoms in total. The third kappa shape index (κ3) is 3.73. The van der Waals surface area contributed by atoms with Gasteiger partial charge in [-0.1, -0.05) is 37.3 Å². The Morgan fingerprint density at radius 3 is 2.60 bits per heavy atom. The van der Waals surface area contributed by atoms with E-state index in [-0.39, 0.29) is 19.1 Å². The maximum atomic E-state index is 13.0. The van der Waals surface area contributed by atoms with E-state index in [1.807, 2.05) is 42.2 Å². The second-order valence-corrected chi connectivity index (χ2v) is 5.27. The van der Waals surface area contributed by atoms with Gasteiger partial charge in [-0.3, -0.25) is 4.90 Å². The summed E-state index contributed by atoms with van der Waals surface area (Å²) in [5, 5.41) is 2.90. The molecule has 2 atom stereocenters. The van der Waals surface area contributed by atoms with E-state index in [1.165, 1.54) is 0 Å². The third-order valence-electron chi connectivity index (χ3n) is 3.90. The minimum Gasteiger partial charge on any atom is -0.315 e. The summed E-state index contributed by atoms with van der Waals surface area (Å²) in [7, 11) is 0. The topological polar surface area (TPSA) is 15.3 Å². The molecular weight excluding hydrogens is 265 g/mol. The van der Waals surface area contributed by atoms with Crippen LogP contribution in [-0.4, -0.2) is 37.3 Å². The highest BCUT2D eigenvalue weighted by Gasteiger charge is 2.41. The smallest absolute Gasteiger partial charge is 0.315 e. The van der Waals surface area contributed by atoms with E-state index in [0.29, 0.717) is 13.1 Å². The van der Waals surface area contributed by atoms with E-state index in [1.54, 1.807) is 0 Å². The summed E-state index contributed by atoms with van der Waals surface area (Å²) < 4.78 is 39.0. The van der Waals surface area contributed by atoms with Crippen LogP contribution in [0.4, 0.5) is 13.2 Å². The van der Waals surface area contributed by atoms with Gasteiger partial charge in [-0.05, 0) is 12.0 Å². The predicted octanol–water partition coefficient (Wildman–Crippen LogP) is 3.22.